The van der Waals surface area contributed by atoms with Gasteiger partial charge in [-0.05, 0) is 37.6 Å². The van der Waals surface area contributed by atoms with Gasteiger partial charge in [-0.2, -0.15) is 5.10 Å². The molecule has 2 aromatic heterocycles. The van der Waals surface area contributed by atoms with E-state index in [4.69, 9.17) is 9.15 Å². The van der Waals surface area contributed by atoms with Crippen LogP contribution < -0.4 is 10.1 Å². The fourth-order valence-electron chi connectivity index (χ4n) is 2.27. The van der Waals surface area contributed by atoms with Crippen LogP contribution >= 0.6 is 0 Å². The Hall–Kier alpha value is -3.16. The molecule has 0 unspecified atom stereocenters. The first kappa shape index (κ1) is 17.7. The molecule has 8 nitrogen and oxygen atoms in total. The minimum Gasteiger partial charge on any atom is -0.494 e. The van der Waals surface area contributed by atoms with Gasteiger partial charge < -0.3 is 9.15 Å². The Morgan fingerprint density at radius 2 is 2.15 bits per heavy atom. The Kier molecular flexibility index (Phi) is 5.31. The summed E-state index contributed by atoms with van der Waals surface area (Å²) in [4.78, 5) is 12.4. The van der Waals surface area contributed by atoms with Crippen molar-refractivity contribution in [2.24, 2.45) is 7.05 Å². The highest BCUT2D eigenvalue weighted by Crippen LogP contribution is 2.20. The molecule has 0 aliphatic rings. The number of nitrogens with zero attached hydrogens (tertiary/aromatic N) is 4. The van der Waals surface area contributed by atoms with E-state index < -0.39 is 0 Å². The van der Waals surface area contributed by atoms with Gasteiger partial charge in [-0.3, -0.25) is 14.8 Å². The lowest BCUT2D eigenvalue weighted by Gasteiger charge is -2.07. The van der Waals surface area contributed by atoms with E-state index in [1.54, 1.807) is 22.9 Å². The first-order valence-electron chi connectivity index (χ1n) is 8.45. The number of aryl methyl sites for hydroxylation is 2. The van der Waals surface area contributed by atoms with E-state index in [0.717, 1.165) is 18.5 Å². The normalized spacial score (nSPS) is 10.7. The monoisotopic (exact) mass is 355 g/mol. The number of amides is 1. The molecule has 3 aromatic rings. The van der Waals surface area contributed by atoms with E-state index >= 15 is 0 Å². The van der Waals surface area contributed by atoms with E-state index in [-0.39, 0.29) is 17.8 Å². The predicted molar refractivity (Wildman–Crippen MR) is 96.0 cm³/mol. The summed E-state index contributed by atoms with van der Waals surface area (Å²) in [5.41, 5.74) is 1.97. The molecule has 8 heteroatoms. The van der Waals surface area contributed by atoms with Gasteiger partial charge in [0.25, 0.3) is 11.8 Å². The molecule has 0 bridgehead atoms. The fourth-order valence-corrected chi connectivity index (χ4v) is 2.27. The number of nitrogens with one attached hydrogen (secondary N) is 1. The topological polar surface area (TPSA) is 95.1 Å². The van der Waals surface area contributed by atoms with Crippen LogP contribution in [0.3, 0.4) is 0 Å². The van der Waals surface area contributed by atoms with Crippen LogP contribution in [0, 0.1) is 6.92 Å². The number of rotatable bonds is 7. The van der Waals surface area contributed by atoms with E-state index in [2.05, 4.69) is 27.5 Å². The number of unbranched alkanes of at least 4 members (excludes halogenated alkanes) is 1. The standard InChI is InChI=1S/C18H21N5O3/c1-4-5-9-25-14-8-6-7-13(11-14)16(24)19-18-21-20-17(26-18)15-10-12(2)23(3)22-15/h6-8,10-11H,4-5,9H2,1-3H3,(H,19,21,24). The number of carbonyl (C=O) groups is 1. The molecule has 0 atom stereocenters. The molecule has 2 heterocycles. The van der Waals surface area contributed by atoms with Gasteiger partial charge in [-0.1, -0.05) is 24.5 Å². The van der Waals surface area contributed by atoms with Gasteiger partial charge in [-0.25, -0.2) is 0 Å². The molecule has 0 fully saturated rings. The third-order valence-corrected chi connectivity index (χ3v) is 3.84. The first-order valence-corrected chi connectivity index (χ1v) is 8.45. The van der Waals surface area contributed by atoms with Crippen molar-refractivity contribution in [1.29, 1.82) is 0 Å². The largest absolute Gasteiger partial charge is 0.494 e. The Balaban J connectivity index is 1.67. The molecule has 0 aliphatic carbocycles. The van der Waals surface area contributed by atoms with Gasteiger partial charge in [0.1, 0.15) is 11.4 Å². The minimum atomic E-state index is -0.349. The van der Waals surface area contributed by atoms with Crippen molar-refractivity contribution in [2.45, 2.75) is 26.7 Å². The summed E-state index contributed by atoms with van der Waals surface area (Å²) in [6.07, 6.45) is 2.02. The van der Waals surface area contributed by atoms with E-state index in [0.29, 0.717) is 23.6 Å². The Bertz CT molecular complexity index is 880. The summed E-state index contributed by atoms with van der Waals surface area (Å²) in [6, 6.07) is 8.82. The predicted octanol–water partition coefficient (Wildman–Crippen LogP) is 3.21. The Labute approximate surface area is 151 Å². The van der Waals surface area contributed by atoms with Gasteiger partial charge in [0.2, 0.25) is 0 Å². The molecule has 3 rings (SSSR count). The van der Waals surface area contributed by atoms with Crippen LogP contribution in [0.1, 0.15) is 35.8 Å². The second-order valence-corrected chi connectivity index (χ2v) is 5.89. The highest BCUT2D eigenvalue weighted by molar-refractivity contribution is 6.03. The first-order chi connectivity index (χ1) is 12.6. The van der Waals surface area contributed by atoms with Crippen LogP contribution in [0.2, 0.25) is 0 Å². The van der Waals surface area contributed by atoms with Crippen LogP contribution in [-0.4, -0.2) is 32.5 Å². The average molecular weight is 355 g/mol. The fraction of sp³-hybridized carbons (Fsp3) is 0.333. The highest BCUT2D eigenvalue weighted by atomic mass is 16.5. The highest BCUT2D eigenvalue weighted by Gasteiger charge is 2.15. The van der Waals surface area contributed by atoms with E-state index in [1.807, 2.05) is 26.1 Å². The zero-order valence-electron chi connectivity index (χ0n) is 15.0. The van der Waals surface area contributed by atoms with Gasteiger partial charge in [0, 0.05) is 18.3 Å². The lowest BCUT2D eigenvalue weighted by molar-refractivity contribution is 0.102. The average Bonchev–Trinajstić information content (AvgIpc) is 3.22. The van der Waals surface area contributed by atoms with Crippen LogP contribution in [0.25, 0.3) is 11.6 Å². The Morgan fingerprint density at radius 1 is 1.31 bits per heavy atom. The minimum absolute atomic E-state index is 0.0191. The summed E-state index contributed by atoms with van der Waals surface area (Å²) in [5.74, 6) is 0.556. The second kappa shape index (κ2) is 7.81. The summed E-state index contributed by atoms with van der Waals surface area (Å²) < 4.78 is 12.8. The molecular formula is C18H21N5O3. The van der Waals surface area contributed by atoms with Crippen molar-refractivity contribution in [3.05, 3.63) is 41.6 Å². The molecule has 0 saturated carbocycles. The van der Waals surface area contributed by atoms with Gasteiger partial charge in [0.15, 0.2) is 0 Å². The van der Waals surface area contributed by atoms with Gasteiger partial charge >= 0.3 is 6.01 Å². The zero-order chi connectivity index (χ0) is 18.5. The molecule has 0 aliphatic heterocycles. The van der Waals surface area contributed by atoms with Crippen LogP contribution in [-0.2, 0) is 7.05 Å². The summed E-state index contributed by atoms with van der Waals surface area (Å²) in [7, 11) is 1.83. The molecule has 1 amide bonds. The van der Waals surface area contributed by atoms with E-state index in [1.165, 1.54) is 0 Å². The quantitative estimate of drug-likeness (QED) is 0.654. The molecule has 0 saturated heterocycles. The maximum Gasteiger partial charge on any atom is 0.322 e. The lowest BCUT2D eigenvalue weighted by Crippen LogP contribution is -2.12. The number of anilines is 1. The van der Waals surface area contributed by atoms with Crippen LogP contribution in [0.5, 0.6) is 5.75 Å². The summed E-state index contributed by atoms with van der Waals surface area (Å²) in [5, 5.41) is 14.6. The maximum absolute atomic E-state index is 12.4. The second-order valence-electron chi connectivity index (χ2n) is 5.89. The number of carbonyl (C=O) groups excluding carboxylic acids is 1. The van der Waals surface area contributed by atoms with Crippen molar-refractivity contribution < 1.29 is 13.9 Å². The molecular weight excluding hydrogens is 334 g/mol. The smallest absolute Gasteiger partial charge is 0.322 e. The lowest BCUT2D eigenvalue weighted by atomic mass is 10.2. The summed E-state index contributed by atoms with van der Waals surface area (Å²) in [6.45, 7) is 4.64. The van der Waals surface area contributed by atoms with Gasteiger partial charge in [-0.15, -0.1) is 5.10 Å². The van der Waals surface area contributed by atoms with Gasteiger partial charge in [0.05, 0.1) is 6.61 Å². The third-order valence-electron chi connectivity index (χ3n) is 3.84. The molecule has 0 spiro atoms. The number of aromatic nitrogens is 4. The summed E-state index contributed by atoms with van der Waals surface area (Å²) >= 11 is 0. The van der Waals surface area contributed by atoms with Crippen molar-refractivity contribution in [3.8, 4) is 17.3 Å². The molecule has 26 heavy (non-hydrogen) atoms. The molecule has 136 valence electrons. The molecule has 0 radical (unpaired) electrons. The SMILES string of the molecule is CCCCOc1cccc(C(=O)Nc2nnc(-c3cc(C)n(C)n3)o2)c1. The van der Waals surface area contributed by atoms with Crippen LogP contribution in [0.4, 0.5) is 6.01 Å². The van der Waals surface area contributed by atoms with E-state index in [9.17, 15) is 4.79 Å². The maximum atomic E-state index is 12.4. The zero-order valence-corrected chi connectivity index (χ0v) is 15.0. The van der Waals surface area contributed by atoms with Crippen molar-refractivity contribution in [2.75, 3.05) is 11.9 Å². The van der Waals surface area contributed by atoms with Crippen molar-refractivity contribution >= 4 is 11.9 Å². The number of hydrogen-bond donors (Lipinski definition) is 1. The molecule has 1 N–H and O–H groups in total. The molecule has 1 aromatic carbocycles. The van der Waals surface area contributed by atoms with Crippen molar-refractivity contribution in [1.82, 2.24) is 20.0 Å². The van der Waals surface area contributed by atoms with Crippen molar-refractivity contribution in [3.63, 3.8) is 0 Å². The van der Waals surface area contributed by atoms with Crippen LogP contribution in [0.15, 0.2) is 34.7 Å². The number of hydrogen-bond acceptors (Lipinski definition) is 6. The third kappa shape index (κ3) is 4.08. The number of ether oxygens (including phenoxy) is 1. The number of benzene rings is 1. The Morgan fingerprint density at radius 3 is 2.88 bits per heavy atom.